The zero-order valence-corrected chi connectivity index (χ0v) is 17.3. The second-order valence-corrected chi connectivity index (χ2v) is 7.73. The highest BCUT2D eigenvalue weighted by atomic mass is 32.1. The molecule has 1 N–H and O–H groups in total. The molecule has 10 nitrogen and oxygen atoms in total. The van der Waals surface area contributed by atoms with Gasteiger partial charge in [0.2, 0.25) is 10.8 Å². The van der Waals surface area contributed by atoms with Crippen LogP contribution in [-0.4, -0.2) is 42.0 Å². The van der Waals surface area contributed by atoms with Crippen LogP contribution >= 0.6 is 11.3 Å². The number of fused-ring (bicyclic) bond motifs is 1. The first kappa shape index (κ1) is 18.9. The van der Waals surface area contributed by atoms with Crippen molar-refractivity contribution in [1.82, 2.24) is 30.0 Å². The summed E-state index contributed by atoms with van der Waals surface area (Å²) in [6, 6.07) is 14.5. The molecule has 0 aliphatic carbocycles. The zero-order chi connectivity index (χ0) is 21.5. The van der Waals surface area contributed by atoms with Gasteiger partial charge >= 0.3 is 0 Å². The van der Waals surface area contributed by atoms with Gasteiger partial charge in [-0.2, -0.15) is 14.7 Å². The van der Waals surface area contributed by atoms with Crippen LogP contribution in [0.3, 0.4) is 0 Å². The van der Waals surface area contributed by atoms with Crippen LogP contribution in [0.15, 0.2) is 48.5 Å². The number of H-pyrrole nitrogens is 1. The van der Waals surface area contributed by atoms with E-state index in [1.807, 2.05) is 36.4 Å². The van der Waals surface area contributed by atoms with Gasteiger partial charge in [0.05, 0.1) is 17.7 Å². The van der Waals surface area contributed by atoms with Crippen molar-refractivity contribution in [2.45, 2.75) is 6.92 Å². The fourth-order valence-corrected chi connectivity index (χ4v) is 4.02. The Hall–Kier alpha value is -4.12. The van der Waals surface area contributed by atoms with E-state index in [0.29, 0.717) is 32.6 Å². The Kier molecular flexibility index (Phi) is 4.44. The number of nitro benzene ring substituents is 1. The molecule has 0 amide bonds. The number of aromatic nitrogens is 6. The molecule has 154 valence electrons. The minimum absolute atomic E-state index is 0.0568. The summed E-state index contributed by atoms with van der Waals surface area (Å²) >= 11 is 1.31. The molecule has 0 aliphatic rings. The number of nitrogens with zero attached hydrogens (tertiary/aromatic N) is 6. The molecule has 11 heteroatoms. The summed E-state index contributed by atoms with van der Waals surface area (Å²) < 4.78 is 6.80. The van der Waals surface area contributed by atoms with Crippen molar-refractivity contribution in [3.05, 3.63) is 64.2 Å². The van der Waals surface area contributed by atoms with Gasteiger partial charge in [0.25, 0.3) is 5.69 Å². The van der Waals surface area contributed by atoms with E-state index in [-0.39, 0.29) is 5.69 Å². The monoisotopic (exact) mass is 433 g/mol. The quantitative estimate of drug-likeness (QED) is 0.326. The van der Waals surface area contributed by atoms with Crippen molar-refractivity contribution in [3.8, 4) is 39.1 Å². The standard InChI is InChI=1S/C20H15N7O3S/c1-11-3-4-13(9-17(11)27(28)29)19-25-26-18(23-24-20(26)31-19)16-10-15(21-22-16)12-5-7-14(30-2)8-6-12/h3-10H,1-2H3,(H,21,22). The van der Waals surface area contributed by atoms with Crippen molar-refractivity contribution < 1.29 is 9.66 Å². The maximum atomic E-state index is 11.3. The fraction of sp³-hybridized carbons (Fsp3) is 0.100. The van der Waals surface area contributed by atoms with Gasteiger partial charge in [-0.05, 0) is 37.3 Å². The van der Waals surface area contributed by atoms with E-state index < -0.39 is 4.92 Å². The van der Waals surface area contributed by atoms with E-state index in [1.165, 1.54) is 17.4 Å². The first-order chi connectivity index (χ1) is 15.0. The smallest absolute Gasteiger partial charge is 0.273 e. The lowest BCUT2D eigenvalue weighted by Crippen LogP contribution is -1.93. The summed E-state index contributed by atoms with van der Waals surface area (Å²) in [6.07, 6.45) is 0. The van der Waals surface area contributed by atoms with E-state index in [4.69, 9.17) is 4.74 Å². The Morgan fingerprint density at radius 1 is 1.10 bits per heavy atom. The summed E-state index contributed by atoms with van der Waals surface area (Å²) in [5, 5.41) is 32.2. The second kappa shape index (κ2) is 7.29. The number of ether oxygens (including phenoxy) is 1. The van der Waals surface area contributed by atoms with Gasteiger partial charge in [-0.15, -0.1) is 10.2 Å². The van der Waals surface area contributed by atoms with Gasteiger partial charge in [0, 0.05) is 22.8 Å². The van der Waals surface area contributed by atoms with Gasteiger partial charge in [-0.25, -0.2) is 0 Å². The lowest BCUT2D eigenvalue weighted by atomic mass is 10.1. The molecule has 0 fully saturated rings. The van der Waals surface area contributed by atoms with Crippen molar-refractivity contribution in [1.29, 1.82) is 0 Å². The number of benzene rings is 2. The number of aryl methyl sites for hydroxylation is 1. The molecule has 0 aliphatic heterocycles. The molecule has 0 atom stereocenters. The topological polar surface area (TPSA) is 124 Å². The third-order valence-electron chi connectivity index (χ3n) is 4.85. The van der Waals surface area contributed by atoms with E-state index in [9.17, 15) is 10.1 Å². The third-order valence-corrected chi connectivity index (χ3v) is 5.80. The van der Waals surface area contributed by atoms with E-state index in [2.05, 4.69) is 25.5 Å². The minimum Gasteiger partial charge on any atom is -0.497 e. The molecule has 0 spiro atoms. The van der Waals surface area contributed by atoms with Gasteiger partial charge in [-0.1, -0.05) is 23.5 Å². The molecule has 3 aromatic heterocycles. The number of aromatic amines is 1. The molecule has 0 radical (unpaired) electrons. The Labute approximate surface area is 179 Å². The van der Waals surface area contributed by atoms with Crippen molar-refractivity contribution in [2.75, 3.05) is 7.11 Å². The fourth-order valence-electron chi connectivity index (χ4n) is 3.19. The highest BCUT2D eigenvalue weighted by molar-refractivity contribution is 7.19. The maximum absolute atomic E-state index is 11.3. The summed E-state index contributed by atoms with van der Waals surface area (Å²) in [6.45, 7) is 1.71. The molecule has 0 saturated carbocycles. The largest absolute Gasteiger partial charge is 0.497 e. The highest BCUT2D eigenvalue weighted by Crippen LogP contribution is 2.32. The molecule has 3 heterocycles. The first-order valence-electron chi connectivity index (χ1n) is 9.21. The maximum Gasteiger partial charge on any atom is 0.273 e. The minimum atomic E-state index is -0.393. The molecule has 5 aromatic rings. The van der Waals surface area contributed by atoms with Gasteiger partial charge in [-0.3, -0.25) is 15.2 Å². The predicted octanol–water partition coefficient (Wildman–Crippen LogP) is 4.14. The first-order valence-corrected chi connectivity index (χ1v) is 10.0. The SMILES string of the molecule is COc1ccc(-c2cc(-c3nnc4sc(-c5ccc(C)c([N+](=O)[O-])c5)nn34)[nH]n2)cc1. The Morgan fingerprint density at radius 3 is 2.61 bits per heavy atom. The number of methoxy groups -OCH3 is 1. The van der Waals surface area contributed by atoms with Crippen LogP contribution in [0.25, 0.3) is 38.3 Å². The van der Waals surface area contributed by atoms with Crippen LogP contribution in [0.5, 0.6) is 5.75 Å². The molecule has 31 heavy (non-hydrogen) atoms. The molecular weight excluding hydrogens is 418 g/mol. The summed E-state index contributed by atoms with van der Waals surface area (Å²) in [7, 11) is 1.62. The molecular formula is C20H15N7O3S. The van der Waals surface area contributed by atoms with Crippen molar-refractivity contribution in [2.24, 2.45) is 0 Å². The average molecular weight is 433 g/mol. The van der Waals surface area contributed by atoms with E-state index in [1.54, 1.807) is 24.6 Å². The highest BCUT2D eigenvalue weighted by Gasteiger charge is 2.19. The molecule has 0 bridgehead atoms. The Balaban J connectivity index is 1.51. The summed E-state index contributed by atoms with van der Waals surface area (Å²) in [4.78, 5) is 11.4. The number of nitrogens with one attached hydrogen (secondary N) is 1. The van der Waals surface area contributed by atoms with Crippen LogP contribution in [0.4, 0.5) is 5.69 Å². The number of hydrogen-bond donors (Lipinski definition) is 1. The lowest BCUT2D eigenvalue weighted by Gasteiger charge is -2.00. The van der Waals surface area contributed by atoms with Crippen LogP contribution in [-0.2, 0) is 0 Å². The molecule has 0 saturated heterocycles. The van der Waals surface area contributed by atoms with Crippen molar-refractivity contribution in [3.63, 3.8) is 0 Å². The predicted molar refractivity (Wildman–Crippen MR) is 115 cm³/mol. The third kappa shape index (κ3) is 3.30. The van der Waals surface area contributed by atoms with Crippen LogP contribution in [0.1, 0.15) is 5.56 Å². The summed E-state index contributed by atoms with van der Waals surface area (Å²) in [5.41, 5.74) is 3.64. The summed E-state index contributed by atoms with van der Waals surface area (Å²) in [5.74, 6) is 1.27. The van der Waals surface area contributed by atoms with Gasteiger partial charge in [0.15, 0.2) is 0 Å². The molecule has 0 unspecified atom stereocenters. The average Bonchev–Trinajstić information content (AvgIpc) is 3.49. The number of nitro groups is 1. The zero-order valence-electron chi connectivity index (χ0n) is 16.4. The van der Waals surface area contributed by atoms with Gasteiger partial charge in [0.1, 0.15) is 16.5 Å². The number of hydrogen-bond acceptors (Lipinski definition) is 8. The van der Waals surface area contributed by atoms with Crippen molar-refractivity contribution >= 4 is 22.0 Å². The lowest BCUT2D eigenvalue weighted by molar-refractivity contribution is -0.385. The Bertz CT molecular complexity index is 1420. The number of rotatable bonds is 5. The second-order valence-electron chi connectivity index (χ2n) is 6.78. The van der Waals surface area contributed by atoms with E-state index in [0.717, 1.165) is 17.0 Å². The van der Waals surface area contributed by atoms with Crippen LogP contribution in [0.2, 0.25) is 0 Å². The molecule has 2 aromatic carbocycles. The van der Waals surface area contributed by atoms with Crippen LogP contribution in [0, 0.1) is 17.0 Å². The van der Waals surface area contributed by atoms with E-state index >= 15 is 0 Å². The normalized spacial score (nSPS) is 11.2. The Morgan fingerprint density at radius 2 is 1.87 bits per heavy atom. The molecule has 5 rings (SSSR count). The van der Waals surface area contributed by atoms with Crippen LogP contribution < -0.4 is 4.74 Å². The van der Waals surface area contributed by atoms with Gasteiger partial charge < -0.3 is 4.74 Å².